The number of aliphatic imine (C=N–C) groups is 1. The van der Waals surface area contributed by atoms with Crippen molar-refractivity contribution >= 4 is 23.2 Å². The van der Waals surface area contributed by atoms with E-state index in [0.717, 1.165) is 11.3 Å². The highest BCUT2D eigenvalue weighted by molar-refractivity contribution is 6.30. The van der Waals surface area contributed by atoms with Crippen molar-refractivity contribution in [1.82, 2.24) is 5.32 Å². The Morgan fingerprint density at radius 2 is 2.25 bits per heavy atom. The smallest absolute Gasteiger partial charge is 0.245 e. The first-order valence-electron chi connectivity index (χ1n) is 5.15. The third-order valence-electron chi connectivity index (χ3n) is 2.83. The third kappa shape index (κ3) is 1.83. The maximum Gasteiger partial charge on any atom is 0.245 e. The standard InChI is InChI=1S/C12H13ClN2O/c1-7-10(11(15-7)12(16)14-2)8-4-3-5-9(13)6-8/h3-6,10-11H,1-2H3,(H,14,16)/t10-,11+/m1/s1. The predicted octanol–water partition coefficient (Wildman–Crippen LogP) is 2.01. The lowest BCUT2D eigenvalue weighted by Crippen LogP contribution is -2.44. The first-order chi connectivity index (χ1) is 7.63. The number of hydrogen-bond acceptors (Lipinski definition) is 2. The summed E-state index contributed by atoms with van der Waals surface area (Å²) in [6.07, 6.45) is 0. The Balaban J connectivity index is 2.28. The Morgan fingerprint density at radius 3 is 2.81 bits per heavy atom. The van der Waals surface area contributed by atoms with Gasteiger partial charge in [-0.25, -0.2) is 0 Å². The third-order valence-corrected chi connectivity index (χ3v) is 3.07. The Labute approximate surface area is 99.5 Å². The van der Waals surface area contributed by atoms with Crippen LogP contribution in [0, 0.1) is 0 Å². The molecular weight excluding hydrogens is 224 g/mol. The van der Waals surface area contributed by atoms with E-state index in [0.29, 0.717) is 5.02 Å². The van der Waals surface area contributed by atoms with Crippen LogP contribution in [-0.2, 0) is 4.79 Å². The molecule has 16 heavy (non-hydrogen) atoms. The van der Waals surface area contributed by atoms with E-state index in [1.165, 1.54) is 0 Å². The topological polar surface area (TPSA) is 41.5 Å². The fourth-order valence-corrected chi connectivity index (χ4v) is 2.20. The quantitative estimate of drug-likeness (QED) is 0.839. The molecule has 2 atom stereocenters. The Hall–Kier alpha value is -1.35. The van der Waals surface area contributed by atoms with Crippen molar-refractivity contribution < 1.29 is 4.79 Å². The maximum absolute atomic E-state index is 11.6. The van der Waals surface area contributed by atoms with Crippen molar-refractivity contribution in [1.29, 1.82) is 0 Å². The Bertz CT molecular complexity index is 456. The Morgan fingerprint density at radius 1 is 1.50 bits per heavy atom. The average molecular weight is 237 g/mol. The molecule has 4 heteroatoms. The second kappa shape index (κ2) is 4.26. The molecule has 0 radical (unpaired) electrons. The van der Waals surface area contributed by atoms with Gasteiger partial charge in [0.25, 0.3) is 0 Å². The van der Waals surface area contributed by atoms with Crippen molar-refractivity contribution in [2.45, 2.75) is 18.9 Å². The number of nitrogens with zero attached hydrogens (tertiary/aromatic N) is 1. The van der Waals surface area contributed by atoms with Gasteiger partial charge in [-0.05, 0) is 24.6 Å². The largest absolute Gasteiger partial charge is 0.357 e. The molecule has 0 saturated carbocycles. The van der Waals surface area contributed by atoms with E-state index in [4.69, 9.17) is 11.6 Å². The van der Waals surface area contributed by atoms with Gasteiger partial charge < -0.3 is 5.32 Å². The minimum atomic E-state index is -0.302. The highest BCUT2D eigenvalue weighted by Gasteiger charge is 2.37. The molecule has 0 bridgehead atoms. The molecule has 0 unspecified atom stereocenters. The summed E-state index contributed by atoms with van der Waals surface area (Å²) < 4.78 is 0. The summed E-state index contributed by atoms with van der Waals surface area (Å²) in [6, 6.07) is 7.28. The second-order valence-electron chi connectivity index (χ2n) is 3.86. The minimum Gasteiger partial charge on any atom is -0.357 e. The highest BCUT2D eigenvalue weighted by atomic mass is 35.5. The van der Waals surface area contributed by atoms with Crippen LogP contribution in [0.15, 0.2) is 29.3 Å². The normalized spacial score (nSPS) is 23.3. The molecule has 0 aromatic heterocycles. The van der Waals surface area contributed by atoms with Crippen LogP contribution in [0.2, 0.25) is 5.02 Å². The summed E-state index contributed by atoms with van der Waals surface area (Å²) in [4.78, 5) is 15.8. The molecule has 0 aliphatic carbocycles. The minimum absolute atomic E-state index is 0.0458. The molecule has 1 aliphatic rings. The number of halogens is 1. The molecule has 1 N–H and O–H groups in total. The van der Waals surface area contributed by atoms with Gasteiger partial charge in [-0.1, -0.05) is 23.7 Å². The number of carbonyl (C=O) groups is 1. The van der Waals surface area contributed by atoms with E-state index in [2.05, 4.69) is 10.3 Å². The SMILES string of the molecule is CNC(=O)[C@H]1N=C(C)[C@@H]1c1cccc(Cl)c1. The summed E-state index contributed by atoms with van der Waals surface area (Å²) in [7, 11) is 1.63. The van der Waals surface area contributed by atoms with Crippen LogP contribution in [0.3, 0.4) is 0 Å². The molecule has 3 nitrogen and oxygen atoms in total. The molecule has 1 aliphatic heterocycles. The summed E-state index contributed by atoms with van der Waals surface area (Å²) >= 11 is 5.94. The van der Waals surface area contributed by atoms with Crippen molar-refractivity contribution in [2.24, 2.45) is 4.99 Å². The van der Waals surface area contributed by atoms with E-state index < -0.39 is 0 Å². The number of amides is 1. The number of nitrogens with one attached hydrogen (secondary N) is 1. The van der Waals surface area contributed by atoms with E-state index in [9.17, 15) is 4.79 Å². The second-order valence-corrected chi connectivity index (χ2v) is 4.30. The maximum atomic E-state index is 11.6. The van der Waals surface area contributed by atoms with E-state index in [1.54, 1.807) is 7.05 Å². The number of benzene rings is 1. The van der Waals surface area contributed by atoms with Crippen LogP contribution in [0.25, 0.3) is 0 Å². The number of likely N-dealkylation sites (N-methyl/N-ethyl adjacent to an activating group) is 1. The van der Waals surface area contributed by atoms with Crippen LogP contribution >= 0.6 is 11.6 Å². The lowest BCUT2D eigenvalue weighted by atomic mass is 9.82. The Kier molecular flexibility index (Phi) is 2.97. The predicted molar refractivity (Wildman–Crippen MR) is 65.2 cm³/mol. The summed E-state index contributed by atoms with van der Waals surface area (Å²) in [5, 5.41) is 3.31. The van der Waals surface area contributed by atoms with Gasteiger partial charge in [0.1, 0.15) is 6.04 Å². The zero-order valence-electron chi connectivity index (χ0n) is 9.20. The van der Waals surface area contributed by atoms with E-state index in [1.807, 2.05) is 31.2 Å². The molecule has 84 valence electrons. The van der Waals surface area contributed by atoms with Crippen LogP contribution in [0.4, 0.5) is 0 Å². The summed E-state index contributed by atoms with van der Waals surface area (Å²) in [5.41, 5.74) is 2.03. The van der Waals surface area contributed by atoms with Crippen molar-refractivity contribution in [3.8, 4) is 0 Å². The monoisotopic (exact) mass is 236 g/mol. The first-order valence-corrected chi connectivity index (χ1v) is 5.52. The van der Waals surface area contributed by atoms with Gasteiger partial charge in [0.2, 0.25) is 5.91 Å². The van der Waals surface area contributed by atoms with Gasteiger partial charge in [-0.3, -0.25) is 9.79 Å². The van der Waals surface area contributed by atoms with Crippen LogP contribution in [-0.4, -0.2) is 24.7 Å². The van der Waals surface area contributed by atoms with Crippen LogP contribution in [0.1, 0.15) is 18.4 Å². The lowest BCUT2D eigenvalue weighted by molar-refractivity contribution is -0.122. The van der Waals surface area contributed by atoms with Crippen LogP contribution in [0.5, 0.6) is 0 Å². The zero-order valence-corrected chi connectivity index (χ0v) is 9.95. The van der Waals surface area contributed by atoms with Gasteiger partial charge in [0, 0.05) is 17.8 Å². The summed E-state index contributed by atoms with van der Waals surface area (Å²) in [5.74, 6) is 0.0224. The number of rotatable bonds is 2. The zero-order chi connectivity index (χ0) is 11.7. The number of carbonyl (C=O) groups excluding carboxylic acids is 1. The van der Waals surface area contributed by atoms with Gasteiger partial charge in [-0.15, -0.1) is 0 Å². The molecule has 1 heterocycles. The van der Waals surface area contributed by atoms with Crippen molar-refractivity contribution in [2.75, 3.05) is 7.05 Å². The number of hydrogen-bond donors (Lipinski definition) is 1. The fourth-order valence-electron chi connectivity index (χ4n) is 2.00. The molecule has 0 saturated heterocycles. The molecule has 1 amide bonds. The molecule has 1 aromatic rings. The fraction of sp³-hybridized carbons (Fsp3) is 0.333. The molecule has 1 aromatic carbocycles. The lowest BCUT2D eigenvalue weighted by Gasteiger charge is -2.32. The van der Waals surface area contributed by atoms with E-state index in [-0.39, 0.29) is 17.9 Å². The van der Waals surface area contributed by atoms with Crippen molar-refractivity contribution in [3.05, 3.63) is 34.9 Å². The highest BCUT2D eigenvalue weighted by Crippen LogP contribution is 2.33. The average Bonchev–Trinajstić information content (AvgIpc) is 2.24. The molecule has 2 rings (SSSR count). The van der Waals surface area contributed by atoms with Gasteiger partial charge in [0.05, 0.1) is 5.92 Å². The molecule has 0 fully saturated rings. The van der Waals surface area contributed by atoms with Crippen LogP contribution < -0.4 is 5.32 Å². The summed E-state index contributed by atoms with van der Waals surface area (Å²) in [6.45, 7) is 1.94. The molecular formula is C12H13ClN2O. The molecule has 0 spiro atoms. The van der Waals surface area contributed by atoms with E-state index >= 15 is 0 Å². The van der Waals surface area contributed by atoms with Gasteiger partial charge >= 0.3 is 0 Å². The van der Waals surface area contributed by atoms with Crippen molar-refractivity contribution in [3.63, 3.8) is 0 Å². The first kappa shape index (κ1) is 11.1. The van der Waals surface area contributed by atoms with Gasteiger partial charge in [-0.2, -0.15) is 0 Å². The van der Waals surface area contributed by atoms with Gasteiger partial charge in [0.15, 0.2) is 0 Å².